The lowest BCUT2D eigenvalue weighted by molar-refractivity contribution is 0.102. The Morgan fingerprint density at radius 1 is 0.939 bits per heavy atom. The molecule has 0 fully saturated rings. The Kier molecular flexibility index (Phi) is 5.34. The number of H-pyrrole nitrogens is 1. The Labute approximate surface area is 187 Å². The molecule has 3 N–H and O–H groups in total. The fourth-order valence-electron chi connectivity index (χ4n) is 4.26. The van der Waals surface area contributed by atoms with Crippen molar-refractivity contribution in [3.63, 3.8) is 0 Å². The molecule has 0 atom stereocenters. The van der Waals surface area contributed by atoms with Crippen molar-refractivity contribution >= 4 is 34.0 Å². The van der Waals surface area contributed by atoms with Gasteiger partial charge in [0.25, 0.3) is 11.5 Å². The SMILES string of the molecule is O=C(Nc1ccc(Nc2ccnc3[nH]c(=O)c4c(c23)CCCC4)c(F)c1)c1ccccc1F. The first-order chi connectivity index (χ1) is 16.0. The number of rotatable bonds is 4. The molecule has 0 radical (unpaired) electrons. The Balaban J connectivity index is 1.45. The lowest BCUT2D eigenvalue weighted by Crippen LogP contribution is -2.20. The van der Waals surface area contributed by atoms with Gasteiger partial charge in [0, 0.05) is 22.8 Å². The number of hydrogen-bond acceptors (Lipinski definition) is 4. The third-order valence-corrected chi connectivity index (χ3v) is 5.84. The maximum absolute atomic E-state index is 14.9. The molecule has 166 valence electrons. The summed E-state index contributed by atoms with van der Waals surface area (Å²) < 4.78 is 28.7. The highest BCUT2D eigenvalue weighted by Crippen LogP contribution is 2.32. The zero-order valence-electron chi connectivity index (χ0n) is 17.5. The molecule has 0 bridgehead atoms. The largest absolute Gasteiger partial charge is 0.352 e. The van der Waals surface area contributed by atoms with Crippen molar-refractivity contribution in [1.82, 2.24) is 9.97 Å². The van der Waals surface area contributed by atoms with Crippen LogP contribution in [0.4, 0.5) is 25.8 Å². The van der Waals surface area contributed by atoms with E-state index in [-0.39, 0.29) is 22.5 Å². The molecular weight excluding hydrogens is 426 g/mol. The molecule has 2 heterocycles. The molecule has 33 heavy (non-hydrogen) atoms. The van der Waals surface area contributed by atoms with Crippen LogP contribution in [-0.4, -0.2) is 15.9 Å². The molecule has 4 aromatic rings. The van der Waals surface area contributed by atoms with Gasteiger partial charge in [0.15, 0.2) is 0 Å². The highest BCUT2D eigenvalue weighted by molar-refractivity contribution is 6.04. The number of carbonyl (C=O) groups excluding carboxylic acids is 1. The smallest absolute Gasteiger partial charge is 0.258 e. The normalized spacial score (nSPS) is 12.9. The molecule has 0 unspecified atom stereocenters. The number of anilines is 3. The fourth-order valence-corrected chi connectivity index (χ4v) is 4.26. The van der Waals surface area contributed by atoms with E-state index in [0.717, 1.165) is 35.8 Å². The van der Waals surface area contributed by atoms with Gasteiger partial charge < -0.3 is 15.6 Å². The van der Waals surface area contributed by atoms with Gasteiger partial charge in [-0.25, -0.2) is 13.8 Å². The summed E-state index contributed by atoms with van der Waals surface area (Å²) >= 11 is 0. The number of pyridine rings is 2. The van der Waals surface area contributed by atoms with Crippen LogP contribution >= 0.6 is 0 Å². The molecule has 0 saturated carbocycles. The predicted molar refractivity (Wildman–Crippen MR) is 123 cm³/mol. The molecular formula is C25H20F2N4O2. The summed E-state index contributed by atoms with van der Waals surface area (Å²) in [6.45, 7) is 0. The topological polar surface area (TPSA) is 86.9 Å². The van der Waals surface area contributed by atoms with E-state index in [9.17, 15) is 18.4 Å². The summed E-state index contributed by atoms with van der Waals surface area (Å²) in [6.07, 6.45) is 4.96. The van der Waals surface area contributed by atoms with Gasteiger partial charge in [-0.3, -0.25) is 9.59 Å². The van der Waals surface area contributed by atoms with E-state index in [1.54, 1.807) is 18.3 Å². The summed E-state index contributed by atoms with van der Waals surface area (Å²) in [4.78, 5) is 31.8. The van der Waals surface area contributed by atoms with Crippen molar-refractivity contribution in [1.29, 1.82) is 0 Å². The summed E-state index contributed by atoms with van der Waals surface area (Å²) in [6, 6.07) is 11.5. The maximum atomic E-state index is 14.9. The van der Waals surface area contributed by atoms with Crippen LogP contribution in [0.3, 0.4) is 0 Å². The molecule has 0 saturated heterocycles. The molecule has 2 aromatic heterocycles. The van der Waals surface area contributed by atoms with Gasteiger partial charge in [-0.15, -0.1) is 0 Å². The molecule has 5 rings (SSSR count). The van der Waals surface area contributed by atoms with Crippen molar-refractivity contribution in [2.75, 3.05) is 10.6 Å². The first-order valence-corrected chi connectivity index (χ1v) is 10.7. The van der Waals surface area contributed by atoms with Gasteiger partial charge in [0.1, 0.15) is 17.3 Å². The summed E-state index contributed by atoms with van der Waals surface area (Å²) in [5, 5.41) is 6.39. The second-order valence-corrected chi connectivity index (χ2v) is 7.95. The first kappa shape index (κ1) is 20.8. The molecule has 1 aliphatic carbocycles. The average Bonchev–Trinajstić information content (AvgIpc) is 2.81. The van der Waals surface area contributed by atoms with E-state index >= 15 is 0 Å². The second-order valence-electron chi connectivity index (χ2n) is 7.95. The number of aryl methyl sites for hydroxylation is 1. The minimum atomic E-state index is -0.663. The number of aromatic amines is 1. The second kappa shape index (κ2) is 8.46. The van der Waals surface area contributed by atoms with Crippen LogP contribution in [0.1, 0.15) is 34.3 Å². The maximum Gasteiger partial charge on any atom is 0.258 e. The monoisotopic (exact) mass is 446 g/mol. The zero-order chi connectivity index (χ0) is 22.9. The Bertz CT molecular complexity index is 1450. The number of carbonyl (C=O) groups is 1. The minimum Gasteiger partial charge on any atom is -0.352 e. The Morgan fingerprint density at radius 3 is 2.52 bits per heavy atom. The number of fused-ring (bicyclic) bond motifs is 3. The number of aromatic nitrogens is 2. The summed E-state index contributed by atoms with van der Waals surface area (Å²) in [7, 11) is 0. The van der Waals surface area contributed by atoms with Crippen molar-refractivity contribution in [3.05, 3.63) is 93.4 Å². The molecule has 2 aromatic carbocycles. The highest BCUT2D eigenvalue weighted by Gasteiger charge is 2.20. The van der Waals surface area contributed by atoms with Crippen LogP contribution in [0.15, 0.2) is 59.5 Å². The minimum absolute atomic E-state index is 0.122. The van der Waals surface area contributed by atoms with E-state index in [0.29, 0.717) is 17.8 Å². The quantitative estimate of drug-likeness (QED) is 0.408. The van der Waals surface area contributed by atoms with E-state index in [1.165, 1.54) is 36.4 Å². The molecule has 1 amide bonds. The molecule has 0 aliphatic heterocycles. The van der Waals surface area contributed by atoms with Gasteiger partial charge >= 0.3 is 0 Å². The van der Waals surface area contributed by atoms with Crippen LogP contribution in [0.5, 0.6) is 0 Å². The average molecular weight is 446 g/mol. The van der Waals surface area contributed by atoms with Gasteiger partial charge in [0.05, 0.1) is 16.9 Å². The van der Waals surface area contributed by atoms with E-state index in [1.807, 2.05) is 0 Å². The van der Waals surface area contributed by atoms with Gasteiger partial charge in [0.2, 0.25) is 0 Å². The molecule has 1 aliphatic rings. The fraction of sp³-hybridized carbons (Fsp3) is 0.160. The van der Waals surface area contributed by atoms with Gasteiger partial charge in [-0.2, -0.15) is 0 Å². The number of nitrogens with zero attached hydrogens (tertiary/aromatic N) is 1. The van der Waals surface area contributed by atoms with Crippen molar-refractivity contribution in [2.24, 2.45) is 0 Å². The molecule has 6 nitrogen and oxygen atoms in total. The third kappa shape index (κ3) is 3.95. The number of halogens is 2. The number of benzene rings is 2. The lowest BCUT2D eigenvalue weighted by Gasteiger charge is -2.19. The Morgan fingerprint density at radius 2 is 1.73 bits per heavy atom. The lowest BCUT2D eigenvalue weighted by atomic mass is 9.90. The van der Waals surface area contributed by atoms with Crippen LogP contribution in [0.25, 0.3) is 11.0 Å². The molecule has 8 heteroatoms. The van der Waals surface area contributed by atoms with Crippen molar-refractivity contribution in [3.8, 4) is 0 Å². The number of hydrogen-bond donors (Lipinski definition) is 3. The highest BCUT2D eigenvalue weighted by atomic mass is 19.1. The van der Waals surface area contributed by atoms with Crippen LogP contribution in [-0.2, 0) is 12.8 Å². The third-order valence-electron chi connectivity index (χ3n) is 5.84. The van der Waals surface area contributed by atoms with Crippen molar-refractivity contribution in [2.45, 2.75) is 25.7 Å². The van der Waals surface area contributed by atoms with Crippen LogP contribution in [0, 0.1) is 11.6 Å². The zero-order valence-corrected chi connectivity index (χ0v) is 17.5. The van der Waals surface area contributed by atoms with Gasteiger partial charge in [-0.05, 0) is 67.6 Å². The van der Waals surface area contributed by atoms with Gasteiger partial charge in [-0.1, -0.05) is 12.1 Å². The van der Waals surface area contributed by atoms with Crippen LogP contribution < -0.4 is 16.2 Å². The van der Waals surface area contributed by atoms with Crippen molar-refractivity contribution < 1.29 is 13.6 Å². The van der Waals surface area contributed by atoms with E-state index in [2.05, 4.69) is 20.6 Å². The predicted octanol–water partition coefficient (Wildman–Crippen LogP) is 5.08. The van der Waals surface area contributed by atoms with E-state index < -0.39 is 17.5 Å². The number of nitrogens with one attached hydrogen (secondary N) is 3. The van der Waals surface area contributed by atoms with Crippen LogP contribution in [0.2, 0.25) is 0 Å². The Hall–Kier alpha value is -4.07. The summed E-state index contributed by atoms with van der Waals surface area (Å²) in [5.41, 5.74) is 2.96. The molecule has 0 spiro atoms. The standard InChI is InChI=1S/C25H20F2N4O2/c26-18-8-4-3-7-17(18)25(33)29-14-9-10-20(19(27)13-14)30-21-11-12-28-23-22(21)15-5-1-2-6-16(15)24(32)31-23/h3-4,7-13H,1-2,5-6H2,(H,29,33)(H2,28,30,31,32). The number of amides is 1. The first-order valence-electron chi connectivity index (χ1n) is 10.7. The summed E-state index contributed by atoms with van der Waals surface area (Å²) in [5.74, 6) is -1.91. The van der Waals surface area contributed by atoms with E-state index in [4.69, 9.17) is 0 Å².